The molecule has 6 heteroatoms. The second-order valence-corrected chi connectivity index (χ2v) is 5.46. The number of hydrogen-bond donors (Lipinski definition) is 1. The van der Waals surface area contributed by atoms with E-state index in [-0.39, 0.29) is 18.6 Å². The highest BCUT2D eigenvalue weighted by molar-refractivity contribution is 9.10. The number of benzene rings is 1. The van der Waals surface area contributed by atoms with E-state index in [9.17, 15) is 9.59 Å². The maximum Gasteiger partial charge on any atom is 0.347 e. The van der Waals surface area contributed by atoms with Gasteiger partial charge in [-0.05, 0) is 45.0 Å². The largest absolute Gasteiger partial charge is 0.479 e. The summed E-state index contributed by atoms with van der Waals surface area (Å²) in [5, 5.41) is 2.63. The van der Waals surface area contributed by atoms with Crippen LogP contribution in [0.25, 0.3) is 0 Å². The number of hydrogen-bond acceptors (Lipinski definition) is 4. The van der Waals surface area contributed by atoms with Gasteiger partial charge < -0.3 is 14.8 Å². The van der Waals surface area contributed by atoms with E-state index in [0.717, 1.165) is 4.47 Å². The first-order valence-electron chi connectivity index (χ1n) is 6.26. The summed E-state index contributed by atoms with van der Waals surface area (Å²) in [5.41, 5.74) is 0. The summed E-state index contributed by atoms with van der Waals surface area (Å²) in [6.45, 7) is 4.94. The highest BCUT2D eigenvalue weighted by atomic mass is 79.9. The third-order valence-corrected chi connectivity index (χ3v) is 2.78. The molecule has 5 nitrogen and oxygen atoms in total. The third-order valence-electron chi connectivity index (χ3n) is 2.25. The van der Waals surface area contributed by atoms with Gasteiger partial charge in [-0.2, -0.15) is 0 Å². The fourth-order valence-corrected chi connectivity index (χ4v) is 1.65. The van der Waals surface area contributed by atoms with Crippen molar-refractivity contribution < 1.29 is 19.1 Å². The Bertz CT molecular complexity index is 459. The molecule has 0 aliphatic heterocycles. The van der Waals surface area contributed by atoms with E-state index in [1.807, 2.05) is 26.0 Å². The Hall–Kier alpha value is -1.56. The molecular formula is C14H18BrNO4. The maximum atomic E-state index is 11.7. The second-order valence-electron chi connectivity index (χ2n) is 4.54. The first-order chi connectivity index (χ1) is 9.38. The van der Waals surface area contributed by atoms with Crippen LogP contribution < -0.4 is 10.1 Å². The Balaban J connectivity index is 2.39. The fourth-order valence-electron chi connectivity index (χ4n) is 1.38. The number of halogens is 1. The Labute approximate surface area is 126 Å². The summed E-state index contributed by atoms with van der Waals surface area (Å²) in [6.07, 6.45) is -0.775. The lowest BCUT2D eigenvalue weighted by molar-refractivity contribution is -0.154. The van der Waals surface area contributed by atoms with Crippen molar-refractivity contribution in [2.24, 2.45) is 0 Å². The topological polar surface area (TPSA) is 64.6 Å². The molecule has 1 aromatic carbocycles. The van der Waals surface area contributed by atoms with Crippen molar-refractivity contribution in [3.63, 3.8) is 0 Å². The molecule has 0 unspecified atom stereocenters. The van der Waals surface area contributed by atoms with Crippen molar-refractivity contribution in [1.29, 1.82) is 0 Å². The smallest absolute Gasteiger partial charge is 0.347 e. The standard InChI is InChI=1S/C14H18BrNO4/c1-9(2)16-13(17)8-19-14(18)10(3)20-12-6-4-11(15)5-7-12/h4-7,9-10H,8H2,1-3H3,(H,16,17)/t10-/m1/s1. The molecule has 0 saturated carbocycles. The number of esters is 1. The molecule has 0 aliphatic carbocycles. The third kappa shape index (κ3) is 6.06. The van der Waals surface area contributed by atoms with E-state index in [2.05, 4.69) is 21.2 Å². The molecule has 0 radical (unpaired) electrons. The van der Waals surface area contributed by atoms with Gasteiger partial charge in [-0.15, -0.1) is 0 Å². The van der Waals surface area contributed by atoms with Crippen LogP contribution in [0.3, 0.4) is 0 Å². The van der Waals surface area contributed by atoms with E-state index in [4.69, 9.17) is 9.47 Å². The molecule has 1 amide bonds. The van der Waals surface area contributed by atoms with Crippen LogP contribution in [-0.2, 0) is 14.3 Å². The van der Waals surface area contributed by atoms with Crippen LogP contribution in [0.5, 0.6) is 5.75 Å². The van der Waals surface area contributed by atoms with E-state index < -0.39 is 12.1 Å². The summed E-state index contributed by atoms with van der Waals surface area (Å²) in [5.74, 6) is -0.347. The van der Waals surface area contributed by atoms with E-state index in [0.29, 0.717) is 5.75 Å². The van der Waals surface area contributed by atoms with Crippen molar-refractivity contribution >= 4 is 27.8 Å². The van der Waals surface area contributed by atoms with Crippen molar-refractivity contribution in [3.8, 4) is 5.75 Å². The molecule has 20 heavy (non-hydrogen) atoms. The second kappa shape index (κ2) is 7.89. The first kappa shape index (κ1) is 16.5. The van der Waals surface area contributed by atoms with Crippen LogP contribution >= 0.6 is 15.9 Å². The SMILES string of the molecule is CC(C)NC(=O)COC(=O)[C@@H](C)Oc1ccc(Br)cc1. The van der Waals surface area contributed by atoms with Gasteiger partial charge in [-0.25, -0.2) is 4.79 Å². The van der Waals surface area contributed by atoms with Crippen LogP contribution in [0.4, 0.5) is 0 Å². The number of rotatable bonds is 6. The van der Waals surface area contributed by atoms with Crippen LogP contribution in [0, 0.1) is 0 Å². The number of amides is 1. The predicted molar refractivity (Wildman–Crippen MR) is 78.5 cm³/mol. The summed E-state index contributed by atoms with van der Waals surface area (Å²) in [7, 11) is 0. The Morgan fingerprint density at radius 3 is 2.35 bits per heavy atom. The average Bonchev–Trinajstić information content (AvgIpc) is 2.37. The van der Waals surface area contributed by atoms with E-state index >= 15 is 0 Å². The van der Waals surface area contributed by atoms with Gasteiger partial charge in [0.1, 0.15) is 5.75 Å². The van der Waals surface area contributed by atoms with Gasteiger partial charge in [-0.1, -0.05) is 15.9 Å². The molecule has 1 N–H and O–H groups in total. The normalized spacial score (nSPS) is 11.8. The van der Waals surface area contributed by atoms with E-state index in [1.165, 1.54) is 0 Å². The van der Waals surface area contributed by atoms with Crippen molar-refractivity contribution in [3.05, 3.63) is 28.7 Å². The highest BCUT2D eigenvalue weighted by Crippen LogP contribution is 2.17. The number of nitrogens with one attached hydrogen (secondary N) is 1. The zero-order valence-corrected chi connectivity index (χ0v) is 13.3. The maximum absolute atomic E-state index is 11.7. The van der Waals surface area contributed by atoms with Gasteiger partial charge in [-0.3, -0.25) is 4.79 Å². The molecule has 0 spiro atoms. The Kier molecular flexibility index (Phi) is 6.51. The van der Waals surface area contributed by atoms with Crippen LogP contribution in [0.1, 0.15) is 20.8 Å². The lowest BCUT2D eigenvalue weighted by Gasteiger charge is -2.14. The molecule has 1 atom stereocenters. The van der Waals surface area contributed by atoms with Crippen molar-refractivity contribution in [1.82, 2.24) is 5.32 Å². The van der Waals surface area contributed by atoms with Crippen LogP contribution in [0.15, 0.2) is 28.7 Å². The number of carbonyl (C=O) groups is 2. The quantitative estimate of drug-likeness (QED) is 0.805. The van der Waals surface area contributed by atoms with Gasteiger partial charge >= 0.3 is 5.97 Å². The Morgan fingerprint density at radius 1 is 1.20 bits per heavy atom. The minimum absolute atomic E-state index is 0.0117. The van der Waals surface area contributed by atoms with Crippen molar-refractivity contribution in [2.45, 2.75) is 32.9 Å². The van der Waals surface area contributed by atoms with Gasteiger partial charge in [0.15, 0.2) is 12.7 Å². The molecule has 0 aromatic heterocycles. The zero-order chi connectivity index (χ0) is 15.1. The first-order valence-corrected chi connectivity index (χ1v) is 7.06. The Morgan fingerprint density at radius 2 is 1.80 bits per heavy atom. The van der Waals surface area contributed by atoms with Gasteiger partial charge in [0.25, 0.3) is 5.91 Å². The summed E-state index contributed by atoms with van der Waals surface area (Å²) < 4.78 is 11.2. The minimum atomic E-state index is -0.775. The minimum Gasteiger partial charge on any atom is -0.479 e. The van der Waals surface area contributed by atoms with Gasteiger partial charge in [0, 0.05) is 10.5 Å². The number of carbonyl (C=O) groups excluding carboxylic acids is 2. The van der Waals surface area contributed by atoms with Gasteiger partial charge in [0.2, 0.25) is 0 Å². The van der Waals surface area contributed by atoms with E-state index in [1.54, 1.807) is 19.1 Å². The lowest BCUT2D eigenvalue weighted by atomic mass is 10.3. The van der Waals surface area contributed by atoms with Crippen LogP contribution in [0.2, 0.25) is 0 Å². The molecular weight excluding hydrogens is 326 g/mol. The molecule has 0 saturated heterocycles. The van der Waals surface area contributed by atoms with Crippen LogP contribution in [-0.4, -0.2) is 30.6 Å². The molecule has 0 bridgehead atoms. The molecule has 1 rings (SSSR count). The molecule has 110 valence electrons. The fraction of sp³-hybridized carbons (Fsp3) is 0.429. The predicted octanol–water partition coefficient (Wildman–Crippen LogP) is 2.28. The monoisotopic (exact) mass is 343 g/mol. The zero-order valence-electron chi connectivity index (χ0n) is 11.7. The summed E-state index contributed by atoms with van der Waals surface area (Å²) in [4.78, 5) is 23.0. The molecule has 0 fully saturated rings. The summed E-state index contributed by atoms with van der Waals surface area (Å²) in [6, 6.07) is 7.10. The summed E-state index contributed by atoms with van der Waals surface area (Å²) >= 11 is 3.31. The van der Waals surface area contributed by atoms with Crippen molar-refractivity contribution in [2.75, 3.05) is 6.61 Å². The molecule has 0 aliphatic rings. The molecule has 1 aromatic rings. The average molecular weight is 344 g/mol. The number of ether oxygens (including phenoxy) is 2. The van der Waals surface area contributed by atoms with Gasteiger partial charge in [0.05, 0.1) is 0 Å². The highest BCUT2D eigenvalue weighted by Gasteiger charge is 2.17. The molecule has 0 heterocycles. The lowest BCUT2D eigenvalue weighted by Crippen LogP contribution is -2.36.